The maximum atomic E-state index is 5.73. The van der Waals surface area contributed by atoms with Crippen LogP contribution in [0.25, 0.3) is 0 Å². The molecule has 2 rings (SSSR count). The van der Waals surface area contributed by atoms with Gasteiger partial charge in [0.25, 0.3) is 0 Å². The van der Waals surface area contributed by atoms with Gasteiger partial charge in [-0.15, -0.1) is 0 Å². The average molecular weight is 221 g/mol. The number of hydrogen-bond donors (Lipinski definition) is 1. The maximum Gasteiger partial charge on any atom is 0.171 e. The van der Waals surface area contributed by atoms with E-state index in [4.69, 9.17) is 10.5 Å². The largest absolute Gasteiger partial charge is 0.493 e. The lowest BCUT2D eigenvalue weighted by molar-refractivity contribution is 0.412. The lowest BCUT2D eigenvalue weighted by Gasteiger charge is -2.24. The molecule has 0 aliphatic carbocycles. The molecule has 1 fully saturated rings. The molecule has 0 aromatic carbocycles. The van der Waals surface area contributed by atoms with Crippen molar-refractivity contribution in [2.45, 2.75) is 19.4 Å². The highest BCUT2D eigenvalue weighted by atomic mass is 16.5. The van der Waals surface area contributed by atoms with E-state index in [2.05, 4.69) is 16.8 Å². The van der Waals surface area contributed by atoms with Crippen molar-refractivity contribution in [2.24, 2.45) is 11.7 Å². The van der Waals surface area contributed by atoms with Crippen molar-refractivity contribution in [1.29, 1.82) is 0 Å². The Labute approximate surface area is 96.4 Å². The predicted octanol–water partition coefficient (Wildman–Crippen LogP) is 1.26. The van der Waals surface area contributed by atoms with Crippen molar-refractivity contribution in [3.8, 4) is 5.75 Å². The smallest absolute Gasteiger partial charge is 0.171 e. The molecular weight excluding hydrogens is 202 g/mol. The number of pyridine rings is 1. The summed E-state index contributed by atoms with van der Waals surface area (Å²) in [5.74, 6) is 2.35. The number of rotatable bonds is 3. The molecule has 4 nitrogen and oxygen atoms in total. The van der Waals surface area contributed by atoms with Crippen LogP contribution in [-0.2, 0) is 0 Å². The van der Waals surface area contributed by atoms with E-state index in [1.54, 1.807) is 13.3 Å². The number of hydrogen-bond acceptors (Lipinski definition) is 4. The van der Waals surface area contributed by atoms with E-state index in [0.29, 0.717) is 12.0 Å². The topological polar surface area (TPSA) is 51.4 Å². The minimum Gasteiger partial charge on any atom is -0.493 e. The van der Waals surface area contributed by atoms with Crippen LogP contribution >= 0.6 is 0 Å². The van der Waals surface area contributed by atoms with Gasteiger partial charge in [0.2, 0.25) is 0 Å². The predicted molar refractivity (Wildman–Crippen MR) is 64.8 cm³/mol. The first-order valence-corrected chi connectivity index (χ1v) is 5.72. The van der Waals surface area contributed by atoms with Crippen LogP contribution in [0.5, 0.6) is 5.75 Å². The molecule has 0 saturated carbocycles. The van der Waals surface area contributed by atoms with Gasteiger partial charge in [-0.2, -0.15) is 0 Å². The van der Waals surface area contributed by atoms with Gasteiger partial charge >= 0.3 is 0 Å². The van der Waals surface area contributed by atoms with E-state index < -0.39 is 0 Å². The fraction of sp³-hybridized carbons (Fsp3) is 0.583. The van der Waals surface area contributed by atoms with E-state index in [1.807, 2.05) is 12.1 Å². The van der Waals surface area contributed by atoms with E-state index in [9.17, 15) is 0 Å². The molecule has 2 heterocycles. The Kier molecular flexibility index (Phi) is 3.29. The third-order valence-corrected chi connectivity index (χ3v) is 3.24. The monoisotopic (exact) mass is 221 g/mol. The average Bonchev–Trinajstić information content (AvgIpc) is 2.70. The fourth-order valence-corrected chi connectivity index (χ4v) is 2.37. The molecule has 2 unspecified atom stereocenters. The van der Waals surface area contributed by atoms with Gasteiger partial charge in [-0.05, 0) is 37.9 Å². The first-order valence-electron chi connectivity index (χ1n) is 5.72. The van der Waals surface area contributed by atoms with E-state index in [1.165, 1.54) is 0 Å². The standard InChI is InChI=1S/C12H19N3O/c1-9-6-10(7-13)8-15(9)12-11(16-2)4-3-5-14-12/h3-5,9-10H,6-8,13H2,1-2H3. The summed E-state index contributed by atoms with van der Waals surface area (Å²) in [7, 11) is 1.68. The molecule has 1 aliphatic heterocycles. The zero-order valence-electron chi connectivity index (χ0n) is 9.89. The van der Waals surface area contributed by atoms with Crippen LogP contribution in [0.4, 0.5) is 5.82 Å². The Morgan fingerprint density at radius 3 is 3.06 bits per heavy atom. The molecule has 2 N–H and O–H groups in total. The Hall–Kier alpha value is -1.29. The third-order valence-electron chi connectivity index (χ3n) is 3.24. The van der Waals surface area contributed by atoms with Crippen LogP contribution in [0.1, 0.15) is 13.3 Å². The summed E-state index contributed by atoms with van der Waals surface area (Å²) in [5, 5.41) is 0. The molecule has 1 aromatic heterocycles. The Balaban J connectivity index is 2.23. The highest BCUT2D eigenvalue weighted by Gasteiger charge is 2.30. The zero-order chi connectivity index (χ0) is 11.5. The second-order valence-corrected chi connectivity index (χ2v) is 4.37. The van der Waals surface area contributed by atoms with Gasteiger partial charge in [-0.1, -0.05) is 0 Å². The maximum absolute atomic E-state index is 5.73. The third kappa shape index (κ3) is 1.97. The van der Waals surface area contributed by atoms with Crippen LogP contribution in [0.15, 0.2) is 18.3 Å². The quantitative estimate of drug-likeness (QED) is 0.835. The first kappa shape index (κ1) is 11.2. The van der Waals surface area contributed by atoms with Crippen LogP contribution < -0.4 is 15.4 Å². The van der Waals surface area contributed by atoms with Crippen molar-refractivity contribution in [2.75, 3.05) is 25.1 Å². The summed E-state index contributed by atoms with van der Waals surface area (Å²) in [6.07, 6.45) is 2.94. The van der Waals surface area contributed by atoms with E-state index in [0.717, 1.165) is 31.1 Å². The Bertz CT molecular complexity index is 356. The van der Waals surface area contributed by atoms with Gasteiger partial charge < -0.3 is 15.4 Å². The summed E-state index contributed by atoms with van der Waals surface area (Å²) in [5.41, 5.74) is 5.73. The van der Waals surface area contributed by atoms with Crippen molar-refractivity contribution < 1.29 is 4.74 Å². The van der Waals surface area contributed by atoms with Crippen LogP contribution in [0, 0.1) is 5.92 Å². The highest BCUT2D eigenvalue weighted by molar-refractivity contribution is 5.53. The van der Waals surface area contributed by atoms with Gasteiger partial charge in [0.1, 0.15) is 0 Å². The van der Waals surface area contributed by atoms with Crippen molar-refractivity contribution in [1.82, 2.24) is 4.98 Å². The van der Waals surface area contributed by atoms with Crippen molar-refractivity contribution in [3.63, 3.8) is 0 Å². The Morgan fingerprint density at radius 2 is 2.44 bits per heavy atom. The summed E-state index contributed by atoms with van der Waals surface area (Å²) < 4.78 is 5.34. The number of aromatic nitrogens is 1. The fourth-order valence-electron chi connectivity index (χ4n) is 2.37. The SMILES string of the molecule is COc1cccnc1N1CC(CN)CC1C. The molecule has 88 valence electrons. The molecule has 2 atom stereocenters. The minimum absolute atomic E-state index is 0.484. The van der Waals surface area contributed by atoms with Gasteiger partial charge in [0.15, 0.2) is 11.6 Å². The molecule has 0 radical (unpaired) electrons. The molecule has 0 bridgehead atoms. The molecule has 1 aliphatic rings. The normalized spacial score (nSPS) is 24.8. The lowest BCUT2D eigenvalue weighted by Crippen LogP contribution is -2.28. The number of anilines is 1. The summed E-state index contributed by atoms with van der Waals surface area (Å²) in [4.78, 5) is 6.70. The van der Waals surface area contributed by atoms with E-state index in [-0.39, 0.29) is 0 Å². The summed E-state index contributed by atoms with van der Waals surface area (Å²) in [6, 6.07) is 4.33. The summed E-state index contributed by atoms with van der Waals surface area (Å²) >= 11 is 0. The zero-order valence-corrected chi connectivity index (χ0v) is 9.89. The molecule has 0 amide bonds. The van der Waals surface area contributed by atoms with Crippen LogP contribution in [0.2, 0.25) is 0 Å². The highest BCUT2D eigenvalue weighted by Crippen LogP contribution is 2.32. The molecule has 0 spiro atoms. The Morgan fingerprint density at radius 1 is 1.62 bits per heavy atom. The van der Waals surface area contributed by atoms with Crippen molar-refractivity contribution >= 4 is 5.82 Å². The van der Waals surface area contributed by atoms with Crippen LogP contribution in [-0.4, -0.2) is 31.2 Å². The molecule has 16 heavy (non-hydrogen) atoms. The van der Waals surface area contributed by atoms with Gasteiger partial charge in [-0.3, -0.25) is 0 Å². The van der Waals surface area contributed by atoms with Gasteiger partial charge in [0.05, 0.1) is 7.11 Å². The number of nitrogens with zero attached hydrogens (tertiary/aromatic N) is 2. The number of nitrogens with two attached hydrogens (primary N) is 1. The molecule has 4 heteroatoms. The number of methoxy groups -OCH3 is 1. The van der Waals surface area contributed by atoms with Gasteiger partial charge in [-0.25, -0.2) is 4.98 Å². The minimum atomic E-state index is 0.484. The van der Waals surface area contributed by atoms with Crippen LogP contribution in [0.3, 0.4) is 0 Å². The molecule has 1 saturated heterocycles. The second kappa shape index (κ2) is 4.70. The molecule has 1 aromatic rings. The molecular formula is C12H19N3O. The number of ether oxygens (including phenoxy) is 1. The first-order chi connectivity index (χ1) is 7.76. The second-order valence-electron chi connectivity index (χ2n) is 4.37. The van der Waals surface area contributed by atoms with E-state index >= 15 is 0 Å². The van der Waals surface area contributed by atoms with Crippen molar-refractivity contribution in [3.05, 3.63) is 18.3 Å². The lowest BCUT2D eigenvalue weighted by atomic mass is 10.1. The summed E-state index contributed by atoms with van der Waals surface area (Å²) in [6.45, 7) is 3.94. The van der Waals surface area contributed by atoms with Gasteiger partial charge in [0, 0.05) is 18.8 Å².